The summed E-state index contributed by atoms with van der Waals surface area (Å²) in [4.78, 5) is 10.7. The minimum atomic E-state index is -0.0533. The first-order valence-electron chi connectivity index (χ1n) is 5.05. The van der Waals surface area contributed by atoms with Crippen molar-refractivity contribution in [1.29, 1.82) is 0 Å². The Hall–Kier alpha value is -1.15. The van der Waals surface area contributed by atoms with E-state index in [9.17, 15) is 4.79 Å². The number of nitrogens with one attached hydrogen (secondary N) is 1. The van der Waals surface area contributed by atoms with Crippen molar-refractivity contribution >= 4 is 11.5 Å². The maximum Gasteiger partial charge on any atom is 2.00 e. The third-order valence-electron chi connectivity index (χ3n) is 2.12. The number of amides is 1. The number of benzene rings is 1. The average molecular weight is 283 g/mol. The first kappa shape index (κ1) is 15.9. The van der Waals surface area contributed by atoms with Crippen LogP contribution in [0.15, 0.2) is 18.2 Å². The molecule has 0 saturated heterocycles. The number of hydrogen-bond acceptors (Lipinski definition) is 2. The summed E-state index contributed by atoms with van der Waals surface area (Å²) in [6, 6.07) is 8.42. The zero-order valence-corrected chi connectivity index (χ0v) is 13.2. The van der Waals surface area contributed by atoms with Crippen LogP contribution in [0.4, 0.5) is 0 Å². The molecule has 86 valence electrons. The van der Waals surface area contributed by atoms with Crippen LogP contribution in [0.1, 0.15) is 18.9 Å². The summed E-state index contributed by atoms with van der Waals surface area (Å²) in [6.45, 7) is 7.90. The van der Waals surface area contributed by atoms with E-state index in [1.54, 1.807) is 13.2 Å². The van der Waals surface area contributed by atoms with Gasteiger partial charge in [-0.15, -0.1) is 6.07 Å². The van der Waals surface area contributed by atoms with E-state index in [2.05, 4.69) is 11.4 Å². The monoisotopic (exact) mass is 281 g/mol. The molecule has 3 nitrogen and oxygen atoms in total. The molecular formula is C13H15NO2Zn. The number of ether oxygens (including phenoxy) is 1. The molecule has 0 bridgehead atoms. The molecule has 0 heterocycles. The molecule has 0 aromatic heterocycles. The molecule has 0 aliphatic heterocycles. The Balaban J connectivity index is 0.00000256. The molecule has 0 aliphatic rings. The van der Waals surface area contributed by atoms with Gasteiger partial charge in [0.25, 0.3) is 0 Å². The smallest absolute Gasteiger partial charge is 0.518 e. The molecule has 4 heteroatoms. The number of methoxy groups -OCH3 is 1. The van der Waals surface area contributed by atoms with Gasteiger partial charge in [-0.1, -0.05) is 6.42 Å². The molecule has 0 atom stereocenters. The first-order chi connectivity index (χ1) is 7.63. The van der Waals surface area contributed by atoms with Crippen molar-refractivity contribution in [2.24, 2.45) is 0 Å². The van der Waals surface area contributed by atoms with Crippen LogP contribution in [-0.4, -0.2) is 19.6 Å². The van der Waals surface area contributed by atoms with Crippen LogP contribution in [0.2, 0.25) is 0 Å². The second-order valence-electron chi connectivity index (χ2n) is 3.40. The molecule has 0 aliphatic carbocycles. The Bertz CT molecular complexity index is 391. The Morgan fingerprint density at radius 1 is 1.59 bits per heavy atom. The van der Waals surface area contributed by atoms with Crippen LogP contribution in [-0.2, 0) is 24.3 Å². The van der Waals surface area contributed by atoms with Crippen molar-refractivity contribution in [2.75, 3.05) is 13.7 Å². The first-order valence-corrected chi connectivity index (χ1v) is 5.05. The average Bonchev–Trinajstić information content (AvgIpc) is 2.28. The molecule has 0 unspecified atom stereocenters. The van der Waals surface area contributed by atoms with Crippen LogP contribution in [0.25, 0.3) is 5.57 Å². The maximum atomic E-state index is 10.7. The quantitative estimate of drug-likeness (QED) is 0.661. The Morgan fingerprint density at radius 2 is 2.29 bits per heavy atom. The molecule has 1 aromatic rings. The maximum absolute atomic E-state index is 10.7. The number of rotatable bonds is 5. The van der Waals surface area contributed by atoms with E-state index < -0.39 is 0 Å². The second-order valence-corrected chi connectivity index (χ2v) is 3.40. The summed E-state index contributed by atoms with van der Waals surface area (Å²) < 4.78 is 5.09. The predicted octanol–water partition coefficient (Wildman–Crippen LogP) is 1.84. The fourth-order valence-electron chi connectivity index (χ4n) is 1.27. The number of carbonyl (C=O) groups is 1. The number of hydrogen-bond donors (Lipinski definition) is 1. The van der Waals surface area contributed by atoms with Gasteiger partial charge in [-0.3, -0.25) is 15.9 Å². The summed E-state index contributed by atoms with van der Waals surface area (Å²) in [5.74, 6) is 0.693. The minimum absolute atomic E-state index is 0. The van der Waals surface area contributed by atoms with Crippen molar-refractivity contribution in [2.45, 2.75) is 13.3 Å². The summed E-state index contributed by atoms with van der Waals surface area (Å²) in [7, 11) is 1.60. The van der Waals surface area contributed by atoms with E-state index in [1.165, 1.54) is 6.92 Å². The van der Waals surface area contributed by atoms with Crippen molar-refractivity contribution in [1.82, 2.24) is 5.32 Å². The second kappa shape index (κ2) is 8.02. The summed E-state index contributed by atoms with van der Waals surface area (Å²) >= 11 is 0. The normalized spacial score (nSPS) is 9.06. The fourth-order valence-corrected chi connectivity index (χ4v) is 1.27. The van der Waals surface area contributed by atoms with Gasteiger partial charge in [0.2, 0.25) is 5.91 Å². The largest absolute Gasteiger partial charge is 2.00 e. The van der Waals surface area contributed by atoms with Crippen LogP contribution < -0.4 is 10.1 Å². The van der Waals surface area contributed by atoms with Gasteiger partial charge in [-0.25, -0.2) is 6.07 Å². The summed E-state index contributed by atoms with van der Waals surface area (Å²) in [5, 5.41) is 2.69. The van der Waals surface area contributed by atoms with E-state index in [0.717, 1.165) is 11.3 Å². The molecule has 0 radical (unpaired) electrons. The van der Waals surface area contributed by atoms with Gasteiger partial charge in [0.1, 0.15) is 0 Å². The molecule has 0 spiro atoms. The van der Waals surface area contributed by atoms with Crippen molar-refractivity contribution in [3.63, 3.8) is 0 Å². The van der Waals surface area contributed by atoms with Crippen molar-refractivity contribution in [3.8, 4) is 5.75 Å². The van der Waals surface area contributed by atoms with Gasteiger partial charge in [-0.2, -0.15) is 12.1 Å². The van der Waals surface area contributed by atoms with Gasteiger partial charge in [0.15, 0.2) is 0 Å². The number of carbonyl (C=O) groups excluding carboxylic acids is 1. The van der Waals surface area contributed by atoms with Crippen LogP contribution in [0.3, 0.4) is 0 Å². The van der Waals surface area contributed by atoms with E-state index in [4.69, 9.17) is 11.3 Å². The molecule has 17 heavy (non-hydrogen) atoms. The van der Waals surface area contributed by atoms with Crippen molar-refractivity contribution in [3.05, 3.63) is 36.4 Å². The van der Waals surface area contributed by atoms with Crippen molar-refractivity contribution < 1.29 is 29.0 Å². The third kappa shape index (κ3) is 5.64. The van der Waals surface area contributed by atoms with Gasteiger partial charge < -0.3 is 16.6 Å². The van der Waals surface area contributed by atoms with Gasteiger partial charge >= 0.3 is 19.5 Å². The van der Waals surface area contributed by atoms with Gasteiger partial charge in [-0.05, 0) is 0 Å². The fraction of sp³-hybridized carbons (Fsp3) is 0.308. The Kier molecular flexibility index (Phi) is 7.48. The predicted molar refractivity (Wildman–Crippen MR) is 62.8 cm³/mol. The van der Waals surface area contributed by atoms with Crippen LogP contribution in [0.5, 0.6) is 5.75 Å². The van der Waals surface area contributed by atoms with E-state index in [0.29, 0.717) is 18.5 Å². The Labute approximate surface area is 115 Å². The molecule has 1 N–H and O–H groups in total. The molecule has 0 fully saturated rings. The molecular weight excluding hydrogens is 268 g/mol. The SMILES string of the molecule is [CH-]=C(CCNC(C)=O)c1[c-]ccc(OC)c1.[Zn+2]. The summed E-state index contributed by atoms with van der Waals surface area (Å²) in [5.41, 5.74) is 1.50. The van der Waals surface area contributed by atoms with E-state index in [1.807, 2.05) is 12.1 Å². The molecule has 1 aromatic carbocycles. The van der Waals surface area contributed by atoms with Crippen LogP contribution >= 0.6 is 0 Å². The standard InChI is InChI=1S/C13H15NO2.Zn/c1-10(7-8-14-11(2)15)12-5-4-6-13(9-12)16-3;/h1,4,6,9H,7-8H2,2-3H3,(H,14,15);/q-2;+2. The zero-order chi connectivity index (χ0) is 12.0. The summed E-state index contributed by atoms with van der Waals surface area (Å²) in [6.07, 6.45) is 0.600. The Morgan fingerprint density at radius 3 is 2.88 bits per heavy atom. The van der Waals surface area contributed by atoms with E-state index >= 15 is 0 Å². The van der Waals surface area contributed by atoms with E-state index in [-0.39, 0.29) is 25.4 Å². The molecule has 1 amide bonds. The van der Waals surface area contributed by atoms with Crippen LogP contribution in [0, 0.1) is 12.6 Å². The van der Waals surface area contributed by atoms with Gasteiger partial charge in [0, 0.05) is 19.2 Å². The zero-order valence-electron chi connectivity index (χ0n) is 10.2. The topological polar surface area (TPSA) is 38.3 Å². The molecule has 0 saturated carbocycles. The third-order valence-corrected chi connectivity index (χ3v) is 2.12. The molecule has 1 rings (SSSR count). The van der Waals surface area contributed by atoms with Gasteiger partial charge in [0.05, 0.1) is 7.11 Å². The minimum Gasteiger partial charge on any atom is -0.518 e.